The highest BCUT2D eigenvalue weighted by Gasteiger charge is 2.24. The van der Waals surface area contributed by atoms with Crippen LogP contribution in [0.2, 0.25) is 0 Å². The normalized spacial score (nSPS) is 16.3. The molecule has 0 aliphatic carbocycles. The van der Waals surface area contributed by atoms with Gasteiger partial charge in [0.1, 0.15) is 0 Å². The van der Waals surface area contributed by atoms with Gasteiger partial charge in [-0.05, 0) is 12.1 Å². The lowest BCUT2D eigenvalue weighted by Gasteiger charge is -2.26. The van der Waals surface area contributed by atoms with Crippen LogP contribution in [0, 0.1) is 17.5 Å². The number of morpholine rings is 1. The van der Waals surface area contributed by atoms with E-state index in [1.54, 1.807) is 0 Å². The van der Waals surface area contributed by atoms with E-state index in [1.807, 2.05) is 0 Å². The van der Waals surface area contributed by atoms with Gasteiger partial charge in [-0.15, -0.1) is 0 Å². The molecule has 1 aromatic rings. The highest BCUT2D eigenvalue weighted by Crippen LogP contribution is 2.15. The van der Waals surface area contributed by atoms with Crippen LogP contribution in [-0.2, 0) is 14.8 Å². The van der Waals surface area contributed by atoms with Crippen molar-refractivity contribution < 1.29 is 31.1 Å². The average Bonchev–Trinajstić information content (AvgIpc) is 2.53. The fourth-order valence-corrected chi connectivity index (χ4v) is 3.37. The Morgan fingerprint density at radius 2 is 1.83 bits per heavy atom. The number of ether oxygens (including phenoxy) is 1. The Morgan fingerprint density at radius 3 is 2.48 bits per heavy atom. The van der Waals surface area contributed by atoms with Gasteiger partial charge in [-0.1, -0.05) is 0 Å². The van der Waals surface area contributed by atoms with Gasteiger partial charge in [0.05, 0.1) is 24.5 Å². The van der Waals surface area contributed by atoms with E-state index >= 15 is 0 Å². The largest absolute Gasteiger partial charge is 0.379 e. The van der Waals surface area contributed by atoms with Crippen LogP contribution in [0.3, 0.4) is 0 Å². The Kier molecular flexibility index (Phi) is 5.60. The minimum absolute atomic E-state index is 0.230. The summed E-state index contributed by atoms with van der Waals surface area (Å²) in [4.78, 5) is 11.7. The van der Waals surface area contributed by atoms with Gasteiger partial charge in [-0.2, -0.15) is 4.31 Å². The molecule has 0 aromatic heterocycles. The quantitative estimate of drug-likeness (QED) is 0.783. The second kappa shape index (κ2) is 7.28. The van der Waals surface area contributed by atoms with E-state index in [-0.39, 0.29) is 25.4 Å². The smallest absolute Gasteiger partial charge is 0.254 e. The zero-order valence-electron chi connectivity index (χ0n) is 12.0. The number of nitrogens with zero attached hydrogens (tertiary/aromatic N) is 1. The average molecular weight is 352 g/mol. The minimum atomic E-state index is -3.58. The van der Waals surface area contributed by atoms with Crippen LogP contribution >= 0.6 is 0 Å². The van der Waals surface area contributed by atoms with Gasteiger partial charge in [-0.3, -0.25) is 4.79 Å². The van der Waals surface area contributed by atoms with E-state index in [0.29, 0.717) is 19.3 Å². The SMILES string of the molecule is O=C(NCCS(=O)(=O)N1CCOCC1)c1ccc(F)c(F)c1F. The molecule has 0 bridgehead atoms. The number of benzene rings is 1. The molecule has 0 atom stereocenters. The number of rotatable bonds is 5. The fourth-order valence-electron chi connectivity index (χ4n) is 2.04. The van der Waals surface area contributed by atoms with E-state index in [0.717, 1.165) is 6.07 Å². The van der Waals surface area contributed by atoms with E-state index < -0.39 is 38.9 Å². The molecule has 1 fully saturated rings. The first-order chi connectivity index (χ1) is 10.8. The maximum absolute atomic E-state index is 13.4. The summed E-state index contributed by atoms with van der Waals surface area (Å²) in [5.74, 6) is -6.17. The molecule has 2 rings (SSSR count). The van der Waals surface area contributed by atoms with Crippen LogP contribution < -0.4 is 5.32 Å². The summed E-state index contributed by atoms with van der Waals surface area (Å²) in [6.07, 6.45) is 0. The number of nitrogens with one attached hydrogen (secondary N) is 1. The van der Waals surface area contributed by atoms with Crippen molar-refractivity contribution in [3.05, 3.63) is 35.1 Å². The zero-order valence-corrected chi connectivity index (χ0v) is 12.8. The summed E-state index contributed by atoms with van der Waals surface area (Å²) in [6.45, 7) is 0.774. The summed E-state index contributed by atoms with van der Waals surface area (Å²) in [5.41, 5.74) is -0.687. The predicted octanol–water partition coefficient (Wildman–Crippen LogP) is 0.496. The van der Waals surface area contributed by atoms with Crippen molar-refractivity contribution >= 4 is 15.9 Å². The highest BCUT2D eigenvalue weighted by atomic mass is 32.2. The molecule has 1 aromatic carbocycles. The molecule has 0 radical (unpaired) electrons. The second-order valence-corrected chi connectivity index (χ2v) is 6.89. The molecule has 0 spiro atoms. The van der Waals surface area contributed by atoms with Crippen LogP contribution in [0.15, 0.2) is 12.1 Å². The Hall–Kier alpha value is -1.65. The first kappa shape index (κ1) is 17.7. The van der Waals surface area contributed by atoms with E-state index in [1.165, 1.54) is 4.31 Å². The molecule has 1 heterocycles. The molecular weight excluding hydrogens is 337 g/mol. The minimum Gasteiger partial charge on any atom is -0.379 e. The molecule has 1 amide bonds. The Balaban J connectivity index is 1.93. The molecule has 1 saturated heterocycles. The van der Waals surface area contributed by atoms with Crippen LogP contribution in [0.5, 0.6) is 0 Å². The third kappa shape index (κ3) is 4.21. The van der Waals surface area contributed by atoms with Gasteiger partial charge < -0.3 is 10.1 Å². The number of amides is 1. The maximum Gasteiger partial charge on any atom is 0.254 e. The lowest BCUT2D eigenvalue weighted by atomic mass is 10.2. The fraction of sp³-hybridized carbons (Fsp3) is 0.462. The van der Waals surface area contributed by atoms with Crippen molar-refractivity contribution in [1.29, 1.82) is 0 Å². The number of carbonyl (C=O) groups is 1. The number of sulfonamides is 1. The Morgan fingerprint density at radius 1 is 1.17 bits per heavy atom. The van der Waals surface area contributed by atoms with Crippen LogP contribution in [0.25, 0.3) is 0 Å². The lowest BCUT2D eigenvalue weighted by molar-refractivity contribution is 0.0730. The summed E-state index contributed by atoms with van der Waals surface area (Å²) < 4.78 is 69.6. The predicted molar refractivity (Wildman–Crippen MR) is 74.8 cm³/mol. The van der Waals surface area contributed by atoms with Crippen molar-refractivity contribution in [3.8, 4) is 0 Å². The molecule has 0 saturated carbocycles. The third-order valence-electron chi connectivity index (χ3n) is 3.29. The van der Waals surface area contributed by atoms with Crippen molar-refractivity contribution in [1.82, 2.24) is 9.62 Å². The van der Waals surface area contributed by atoms with Gasteiger partial charge in [-0.25, -0.2) is 21.6 Å². The molecule has 1 N–H and O–H groups in total. The Bertz CT molecular complexity index is 691. The molecular formula is C13H15F3N2O4S. The highest BCUT2D eigenvalue weighted by molar-refractivity contribution is 7.89. The van der Waals surface area contributed by atoms with Gasteiger partial charge in [0.25, 0.3) is 5.91 Å². The van der Waals surface area contributed by atoms with Crippen LogP contribution in [0.1, 0.15) is 10.4 Å². The molecule has 1 aliphatic rings. The van der Waals surface area contributed by atoms with Crippen molar-refractivity contribution in [2.45, 2.75) is 0 Å². The van der Waals surface area contributed by atoms with E-state index in [4.69, 9.17) is 4.74 Å². The molecule has 10 heteroatoms. The van der Waals surface area contributed by atoms with E-state index in [9.17, 15) is 26.4 Å². The summed E-state index contributed by atoms with van der Waals surface area (Å²) in [5, 5.41) is 2.18. The van der Waals surface area contributed by atoms with Gasteiger partial charge in [0.15, 0.2) is 17.5 Å². The third-order valence-corrected chi connectivity index (χ3v) is 5.16. The lowest BCUT2D eigenvalue weighted by Crippen LogP contribution is -2.43. The molecule has 0 unspecified atom stereocenters. The van der Waals surface area contributed by atoms with Crippen molar-refractivity contribution in [3.63, 3.8) is 0 Å². The number of halogens is 3. The maximum atomic E-state index is 13.4. The summed E-state index contributed by atoms with van der Waals surface area (Å²) >= 11 is 0. The first-order valence-corrected chi connectivity index (χ1v) is 8.41. The number of hydrogen-bond donors (Lipinski definition) is 1. The van der Waals surface area contributed by atoms with Crippen molar-refractivity contribution in [2.75, 3.05) is 38.6 Å². The second-order valence-electron chi connectivity index (χ2n) is 4.81. The van der Waals surface area contributed by atoms with Crippen molar-refractivity contribution in [2.24, 2.45) is 0 Å². The molecule has 6 nitrogen and oxygen atoms in total. The van der Waals surface area contributed by atoms with E-state index in [2.05, 4.69) is 5.32 Å². The molecule has 23 heavy (non-hydrogen) atoms. The zero-order chi connectivity index (χ0) is 17.0. The Labute approximate surface area is 131 Å². The number of hydrogen-bond acceptors (Lipinski definition) is 4. The topological polar surface area (TPSA) is 75.7 Å². The monoisotopic (exact) mass is 352 g/mol. The van der Waals surface area contributed by atoms with Gasteiger partial charge in [0, 0.05) is 19.6 Å². The van der Waals surface area contributed by atoms with Crippen LogP contribution in [0.4, 0.5) is 13.2 Å². The van der Waals surface area contributed by atoms with Crippen LogP contribution in [-0.4, -0.2) is 57.2 Å². The van der Waals surface area contributed by atoms with Gasteiger partial charge >= 0.3 is 0 Å². The van der Waals surface area contributed by atoms with Gasteiger partial charge in [0.2, 0.25) is 10.0 Å². The molecule has 1 aliphatic heterocycles. The first-order valence-electron chi connectivity index (χ1n) is 6.80. The number of carbonyl (C=O) groups excluding carboxylic acids is 1. The summed E-state index contributed by atoms with van der Waals surface area (Å²) in [7, 11) is -3.58. The summed E-state index contributed by atoms with van der Waals surface area (Å²) in [6, 6.07) is 1.41. The standard InChI is InChI=1S/C13H15F3N2O4S/c14-10-2-1-9(11(15)12(10)16)13(19)17-3-8-23(20,21)18-4-6-22-7-5-18/h1-2H,3-8H2,(H,17,19). The molecule has 128 valence electrons.